The van der Waals surface area contributed by atoms with E-state index in [1.807, 2.05) is 83.2 Å². The highest BCUT2D eigenvalue weighted by Crippen LogP contribution is 2.28. The SMILES string of the molecule is CCn1ncc(CN(C)C(=O)c2nc(-c3ccc(OCCNC)c(C)c3)nc3ccc(CN(C)C)cc23)c1C. The molecule has 9 nitrogen and oxygen atoms in total. The van der Waals surface area contributed by atoms with E-state index in [4.69, 9.17) is 14.7 Å². The number of fused-ring (bicyclic) bond motifs is 1. The Bertz CT molecular complexity index is 1460. The number of carbonyl (C=O) groups excluding carboxylic acids is 1. The van der Waals surface area contributed by atoms with E-state index in [0.717, 1.165) is 64.2 Å². The van der Waals surface area contributed by atoms with Gasteiger partial charge >= 0.3 is 0 Å². The van der Waals surface area contributed by atoms with Gasteiger partial charge < -0.3 is 19.9 Å². The van der Waals surface area contributed by atoms with Crippen molar-refractivity contribution in [2.75, 3.05) is 41.3 Å². The van der Waals surface area contributed by atoms with Crippen LogP contribution in [-0.2, 0) is 19.6 Å². The Hall–Kier alpha value is -3.82. The van der Waals surface area contributed by atoms with Crippen molar-refractivity contribution in [3.8, 4) is 17.1 Å². The van der Waals surface area contributed by atoms with Crippen LogP contribution < -0.4 is 10.1 Å². The first-order valence-corrected chi connectivity index (χ1v) is 13.3. The van der Waals surface area contributed by atoms with Crippen molar-refractivity contribution in [1.82, 2.24) is 34.9 Å². The quantitative estimate of drug-likeness (QED) is 0.293. The van der Waals surface area contributed by atoms with E-state index < -0.39 is 0 Å². The number of amides is 1. The second-order valence-electron chi connectivity index (χ2n) is 10.1. The van der Waals surface area contributed by atoms with Crippen LogP contribution in [0, 0.1) is 13.8 Å². The molecule has 0 unspecified atom stereocenters. The Morgan fingerprint density at radius 2 is 1.85 bits per heavy atom. The van der Waals surface area contributed by atoms with E-state index >= 15 is 0 Å². The van der Waals surface area contributed by atoms with Crippen molar-refractivity contribution in [3.63, 3.8) is 0 Å². The average molecular weight is 530 g/mol. The molecule has 1 N–H and O–H groups in total. The number of ether oxygens (including phenoxy) is 1. The van der Waals surface area contributed by atoms with E-state index in [2.05, 4.69) is 28.3 Å². The Morgan fingerprint density at radius 3 is 2.51 bits per heavy atom. The summed E-state index contributed by atoms with van der Waals surface area (Å²) < 4.78 is 7.82. The maximum Gasteiger partial charge on any atom is 0.273 e. The molecule has 0 saturated heterocycles. The summed E-state index contributed by atoms with van der Waals surface area (Å²) in [5.74, 6) is 1.18. The minimum absolute atomic E-state index is 0.155. The van der Waals surface area contributed by atoms with Crippen LogP contribution in [0.4, 0.5) is 0 Å². The molecule has 0 radical (unpaired) electrons. The zero-order valence-corrected chi connectivity index (χ0v) is 24.1. The molecule has 1 amide bonds. The van der Waals surface area contributed by atoms with Crippen LogP contribution in [-0.4, -0.2) is 76.8 Å². The van der Waals surface area contributed by atoms with E-state index in [-0.39, 0.29) is 5.91 Å². The number of aromatic nitrogens is 4. The zero-order chi connectivity index (χ0) is 28.1. The molecule has 206 valence electrons. The maximum atomic E-state index is 13.9. The van der Waals surface area contributed by atoms with Gasteiger partial charge in [0.2, 0.25) is 0 Å². The topological polar surface area (TPSA) is 88.4 Å². The fourth-order valence-corrected chi connectivity index (χ4v) is 4.61. The Balaban J connectivity index is 1.74. The normalized spacial score (nSPS) is 11.4. The number of nitrogens with one attached hydrogen (secondary N) is 1. The number of likely N-dealkylation sites (N-methyl/N-ethyl adjacent to an activating group) is 1. The number of benzene rings is 2. The van der Waals surface area contributed by atoms with Gasteiger partial charge in [0.15, 0.2) is 5.82 Å². The molecule has 0 spiro atoms. The van der Waals surface area contributed by atoms with Crippen LogP contribution in [0.3, 0.4) is 0 Å². The third-order valence-corrected chi connectivity index (χ3v) is 6.76. The summed E-state index contributed by atoms with van der Waals surface area (Å²) in [6.45, 7) is 9.43. The minimum Gasteiger partial charge on any atom is -0.492 e. The molecule has 2 heterocycles. The van der Waals surface area contributed by atoms with Gasteiger partial charge in [0.05, 0.1) is 11.7 Å². The monoisotopic (exact) mass is 529 g/mol. The molecule has 0 bridgehead atoms. The molecular weight excluding hydrogens is 490 g/mol. The summed E-state index contributed by atoms with van der Waals surface area (Å²) in [7, 11) is 7.76. The first kappa shape index (κ1) is 28.2. The van der Waals surface area contributed by atoms with E-state index in [1.54, 1.807) is 4.90 Å². The molecule has 4 aromatic rings. The smallest absolute Gasteiger partial charge is 0.273 e. The van der Waals surface area contributed by atoms with Gasteiger partial charge in [0, 0.05) is 55.4 Å². The van der Waals surface area contributed by atoms with Crippen molar-refractivity contribution in [2.24, 2.45) is 0 Å². The second kappa shape index (κ2) is 12.4. The van der Waals surface area contributed by atoms with Crippen LogP contribution >= 0.6 is 0 Å². The second-order valence-corrected chi connectivity index (χ2v) is 10.1. The summed E-state index contributed by atoms with van der Waals surface area (Å²) in [6.07, 6.45) is 1.84. The predicted molar refractivity (Wildman–Crippen MR) is 155 cm³/mol. The lowest BCUT2D eigenvalue weighted by Gasteiger charge is -2.19. The highest BCUT2D eigenvalue weighted by molar-refractivity contribution is 6.05. The fraction of sp³-hybridized carbons (Fsp3) is 0.400. The first-order valence-electron chi connectivity index (χ1n) is 13.3. The summed E-state index contributed by atoms with van der Waals surface area (Å²) in [5.41, 5.74) is 6.13. The van der Waals surface area contributed by atoms with Gasteiger partial charge in [-0.05, 0) is 83.4 Å². The van der Waals surface area contributed by atoms with Gasteiger partial charge in [-0.15, -0.1) is 0 Å². The van der Waals surface area contributed by atoms with Crippen LogP contribution in [0.5, 0.6) is 5.75 Å². The Morgan fingerprint density at radius 1 is 1.05 bits per heavy atom. The Labute approximate surface area is 230 Å². The molecule has 9 heteroatoms. The van der Waals surface area contributed by atoms with Crippen LogP contribution in [0.2, 0.25) is 0 Å². The molecule has 2 aromatic heterocycles. The largest absolute Gasteiger partial charge is 0.492 e. The van der Waals surface area contributed by atoms with Crippen molar-refractivity contribution < 1.29 is 9.53 Å². The van der Waals surface area contributed by atoms with Crippen molar-refractivity contribution in [2.45, 2.75) is 40.4 Å². The third kappa shape index (κ3) is 6.43. The molecule has 0 saturated carbocycles. The lowest BCUT2D eigenvalue weighted by Crippen LogP contribution is -2.28. The van der Waals surface area contributed by atoms with Crippen LogP contribution in [0.15, 0.2) is 42.6 Å². The van der Waals surface area contributed by atoms with E-state index in [9.17, 15) is 4.79 Å². The maximum absolute atomic E-state index is 13.9. The number of carbonyl (C=O) groups is 1. The lowest BCUT2D eigenvalue weighted by atomic mass is 10.1. The molecule has 4 rings (SSSR count). The summed E-state index contributed by atoms with van der Waals surface area (Å²) in [5, 5.41) is 8.27. The predicted octanol–water partition coefficient (Wildman–Crippen LogP) is 4.06. The molecule has 2 aromatic carbocycles. The van der Waals surface area contributed by atoms with Crippen LogP contribution in [0.25, 0.3) is 22.3 Å². The minimum atomic E-state index is -0.155. The van der Waals surface area contributed by atoms with Gasteiger partial charge in [-0.3, -0.25) is 9.48 Å². The number of rotatable bonds is 11. The van der Waals surface area contributed by atoms with Crippen LogP contribution in [0.1, 0.15) is 39.8 Å². The number of nitrogens with zero attached hydrogens (tertiary/aromatic N) is 6. The molecule has 0 aliphatic carbocycles. The number of aryl methyl sites for hydroxylation is 2. The molecular formula is C30H39N7O2. The molecule has 0 atom stereocenters. The van der Waals surface area contributed by atoms with Crippen molar-refractivity contribution in [3.05, 3.63) is 70.7 Å². The van der Waals surface area contributed by atoms with Gasteiger partial charge in [-0.1, -0.05) is 6.07 Å². The first-order chi connectivity index (χ1) is 18.7. The standard InChI is InChI=1S/C30H39N7O2/c1-8-37-21(3)24(17-32-37)19-36(7)30(38)28-25-16-22(18-35(5)6)9-11-26(25)33-29(34-28)23-10-12-27(20(2)15-23)39-14-13-31-4/h9-12,15-17,31H,8,13-14,18-19H2,1-7H3. The van der Waals surface area contributed by atoms with Gasteiger partial charge in [0.1, 0.15) is 18.1 Å². The molecule has 0 fully saturated rings. The zero-order valence-electron chi connectivity index (χ0n) is 24.1. The molecule has 39 heavy (non-hydrogen) atoms. The van der Waals surface area contributed by atoms with Crippen molar-refractivity contribution >= 4 is 16.8 Å². The summed E-state index contributed by atoms with van der Waals surface area (Å²) in [4.78, 5) is 27.4. The fourth-order valence-electron chi connectivity index (χ4n) is 4.61. The average Bonchev–Trinajstić information content (AvgIpc) is 3.27. The van der Waals surface area contributed by atoms with Gasteiger partial charge in [0.25, 0.3) is 5.91 Å². The van der Waals surface area contributed by atoms with Gasteiger partial charge in [-0.25, -0.2) is 9.97 Å². The molecule has 0 aliphatic heterocycles. The van der Waals surface area contributed by atoms with E-state index in [1.165, 1.54) is 0 Å². The summed E-state index contributed by atoms with van der Waals surface area (Å²) >= 11 is 0. The summed E-state index contributed by atoms with van der Waals surface area (Å²) in [6, 6.07) is 12.0. The van der Waals surface area contributed by atoms with E-state index in [0.29, 0.717) is 24.7 Å². The van der Waals surface area contributed by atoms with Crippen molar-refractivity contribution in [1.29, 1.82) is 0 Å². The lowest BCUT2D eigenvalue weighted by molar-refractivity contribution is 0.0781. The third-order valence-electron chi connectivity index (χ3n) is 6.76. The number of hydrogen-bond donors (Lipinski definition) is 1. The highest BCUT2D eigenvalue weighted by Gasteiger charge is 2.21. The highest BCUT2D eigenvalue weighted by atomic mass is 16.5. The number of hydrogen-bond acceptors (Lipinski definition) is 7. The molecule has 0 aliphatic rings. The van der Waals surface area contributed by atoms with Gasteiger partial charge in [-0.2, -0.15) is 5.10 Å². The Kier molecular flexibility index (Phi) is 8.93.